The summed E-state index contributed by atoms with van der Waals surface area (Å²) in [5.41, 5.74) is 0.774. The van der Waals surface area contributed by atoms with Crippen molar-refractivity contribution in [3.8, 4) is 0 Å². The molecule has 0 aliphatic heterocycles. The molecule has 0 saturated carbocycles. The smallest absolute Gasteiger partial charge is 0.256 e. The topological polar surface area (TPSA) is 33.2 Å². The summed E-state index contributed by atoms with van der Waals surface area (Å²) in [7, 11) is 0. The van der Waals surface area contributed by atoms with E-state index in [0.29, 0.717) is 5.82 Å². The van der Waals surface area contributed by atoms with Crippen LogP contribution in [0.25, 0.3) is 0 Å². The summed E-state index contributed by atoms with van der Waals surface area (Å²) in [6, 6.07) is 14.8. The minimum absolute atomic E-state index is 0.199. The highest BCUT2D eigenvalue weighted by Crippen LogP contribution is 2.22. The van der Waals surface area contributed by atoms with Gasteiger partial charge in [0.1, 0.15) is 5.82 Å². The van der Waals surface area contributed by atoms with Crippen LogP contribution >= 0.6 is 0 Å². The predicted octanol–water partition coefficient (Wildman–Crippen LogP) is 2.93. The van der Waals surface area contributed by atoms with Crippen LogP contribution in [0.2, 0.25) is 0 Å². The molecule has 1 aromatic heterocycles. The molecule has 0 aliphatic carbocycles. The maximum Gasteiger partial charge on any atom is 0.256 e. The summed E-state index contributed by atoms with van der Waals surface area (Å²) >= 11 is 0. The largest absolute Gasteiger partial charge is 0.269 e. The summed E-state index contributed by atoms with van der Waals surface area (Å²) in [5, 5.41) is 0. The third-order valence-corrected chi connectivity index (χ3v) is 2.29. The standard InChI is InChI=1S/C14H12N2O/c1-2-14(17)16(12-8-4-3-5-9-12)13-10-6-7-11-15-13/h2-11H,1H2. The average Bonchev–Trinajstić information content (AvgIpc) is 2.41. The Morgan fingerprint density at radius 2 is 1.82 bits per heavy atom. The molecule has 1 aromatic carbocycles. The lowest BCUT2D eigenvalue weighted by atomic mass is 10.2. The van der Waals surface area contributed by atoms with Crippen LogP contribution in [0.3, 0.4) is 0 Å². The number of benzene rings is 1. The van der Waals surface area contributed by atoms with Gasteiger partial charge in [-0.2, -0.15) is 0 Å². The Morgan fingerprint density at radius 3 is 2.41 bits per heavy atom. The van der Waals surface area contributed by atoms with E-state index in [1.54, 1.807) is 12.3 Å². The number of pyridine rings is 1. The fourth-order valence-corrected chi connectivity index (χ4v) is 1.53. The first-order chi connectivity index (χ1) is 8.33. The zero-order chi connectivity index (χ0) is 12.1. The van der Waals surface area contributed by atoms with E-state index in [9.17, 15) is 4.79 Å². The average molecular weight is 224 g/mol. The van der Waals surface area contributed by atoms with E-state index >= 15 is 0 Å². The van der Waals surface area contributed by atoms with Crippen LogP contribution < -0.4 is 4.90 Å². The molecule has 0 radical (unpaired) electrons. The van der Waals surface area contributed by atoms with Gasteiger partial charge in [-0.05, 0) is 30.3 Å². The van der Waals surface area contributed by atoms with Crippen LogP contribution in [-0.4, -0.2) is 10.9 Å². The third-order valence-electron chi connectivity index (χ3n) is 2.29. The Labute approximate surface area is 100 Å². The van der Waals surface area contributed by atoms with Crippen molar-refractivity contribution >= 4 is 17.4 Å². The van der Waals surface area contributed by atoms with Crippen molar-refractivity contribution < 1.29 is 4.79 Å². The molecule has 0 atom stereocenters. The van der Waals surface area contributed by atoms with E-state index in [4.69, 9.17) is 0 Å². The van der Waals surface area contributed by atoms with Gasteiger partial charge < -0.3 is 0 Å². The fourth-order valence-electron chi connectivity index (χ4n) is 1.53. The first-order valence-corrected chi connectivity index (χ1v) is 5.25. The van der Waals surface area contributed by atoms with E-state index in [-0.39, 0.29) is 5.91 Å². The Hall–Kier alpha value is -2.42. The molecule has 1 heterocycles. The summed E-state index contributed by atoms with van der Waals surface area (Å²) in [4.78, 5) is 17.6. The number of aromatic nitrogens is 1. The number of rotatable bonds is 3. The normalized spacial score (nSPS) is 9.65. The highest BCUT2D eigenvalue weighted by Gasteiger charge is 2.15. The second kappa shape index (κ2) is 5.07. The van der Waals surface area contributed by atoms with Gasteiger partial charge in [0, 0.05) is 6.20 Å². The van der Waals surface area contributed by atoms with Crippen molar-refractivity contribution in [2.24, 2.45) is 0 Å². The lowest BCUT2D eigenvalue weighted by molar-refractivity contribution is -0.113. The molecule has 0 unspecified atom stereocenters. The number of para-hydroxylation sites is 1. The van der Waals surface area contributed by atoms with Crippen molar-refractivity contribution in [1.29, 1.82) is 0 Å². The van der Waals surface area contributed by atoms with E-state index in [1.165, 1.54) is 11.0 Å². The first-order valence-electron chi connectivity index (χ1n) is 5.25. The van der Waals surface area contributed by atoms with Crippen molar-refractivity contribution in [1.82, 2.24) is 4.98 Å². The van der Waals surface area contributed by atoms with Crippen LogP contribution in [0.5, 0.6) is 0 Å². The molecule has 2 rings (SSSR count). The monoisotopic (exact) mass is 224 g/mol. The highest BCUT2D eigenvalue weighted by atomic mass is 16.2. The predicted molar refractivity (Wildman–Crippen MR) is 68.0 cm³/mol. The number of hydrogen-bond donors (Lipinski definition) is 0. The van der Waals surface area contributed by atoms with Gasteiger partial charge in [0.25, 0.3) is 5.91 Å². The summed E-state index contributed by atoms with van der Waals surface area (Å²) < 4.78 is 0. The van der Waals surface area contributed by atoms with Gasteiger partial charge in [0.05, 0.1) is 5.69 Å². The molecule has 0 N–H and O–H groups in total. The maximum absolute atomic E-state index is 11.9. The molecule has 84 valence electrons. The Bertz CT molecular complexity index is 469. The Balaban J connectivity index is 2.47. The zero-order valence-corrected chi connectivity index (χ0v) is 9.28. The Morgan fingerprint density at radius 1 is 1.12 bits per heavy atom. The molecule has 2 aromatic rings. The van der Waals surface area contributed by atoms with Gasteiger partial charge in [-0.25, -0.2) is 4.98 Å². The van der Waals surface area contributed by atoms with Gasteiger partial charge >= 0.3 is 0 Å². The van der Waals surface area contributed by atoms with Crippen molar-refractivity contribution in [3.05, 3.63) is 67.4 Å². The number of amides is 1. The quantitative estimate of drug-likeness (QED) is 0.751. The number of anilines is 2. The van der Waals surface area contributed by atoms with Crippen molar-refractivity contribution in [3.63, 3.8) is 0 Å². The molecule has 0 spiro atoms. The van der Waals surface area contributed by atoms with Crippen LogP contribution in [0, 0.1) is 0 Å². The van der Waals surface area contributed by atoms with Crippen LogP contribution in [0.1, 0.15) is 0 Å². The lowest BCUT2D eigenvalue weighted by Crippen LogP contribution is -2.24. The number of carbonyl (C=O) groups excluding carboxylic acids is 1. The molecular weight excluding hydrogens is 212 g/mol. The van der Waals surface area contributed by atoms with Crippen molar-refractivity contribution in [2.75, 3.05) is 4.90 Å². The summed E-state index contributed by atoms with van der Waals surface area (Å²) in [6.07, 6.45) is 2.93. The minimum Gasteiger partial charge on any atom is -0.269 e. The maximum atomic E-state index is 11.9. The number of nitrogens with zero attached hydrogens (tertiary/aromatic N) is 2. The van der Waals surface area contributed by atoms with E-state index in [1.807, 2.05) is 42.5 Å². The second-order valence-electron chi connectivity index (χ2n) is 3.40. The van der Waals surface area contributed by atoms with Gasteiger partial charge in [-0.3, -0.25) is 9.69 Å². The molecular formula is C14H12N2O. The molecule has 0 aliphatic rings. The first kappa shape index (κ1) is 11.1. The summed E-state index contributed by atoms with van der Waals surface area (Å²) in [6.45, 7) is 3.51. The molecule has 0 bridgehead atoms. The van der Waals surface area contributed by atoms with E-state index in [2.05, 4.69) is 11.6 Å². The van der Waals surface area contributed by atoms with Gasteiger partial charge in [-0.15, -0.1) is 0 Å². The zero-order valence-electron chi connectivity index (χ0n) is 9.28. The molecule has 0 saturated heterocycles. The van der Waals surface area contributed by atoms with Crippen LogP contribution in [0.15, 0.2) is 67.4 Å². The van der Waals surface area contributed by atoms with Crippen LogP contribution in [-0.2, 0) is 4.79 Å². The fraction of sp³-hybridized carbons (Fsp3) is 0. The molecule has 3 heteroatoms. The SMILES string of the molecule is C=CC(=O)N(c1ccccc1)c1ccccn1. The van der Waals surface area contributed by atoms with E-state index < -0.39 is 0 Å². The third kappa shape index (κ3) is 2.39. The van der Waals surface area contributed by atoms with Crippen LogP contribution in [0.4, 0.5) is 11.5 Å². The second-order valence-corrected chi connectivity index (χ2v) is 3.40. The van der Waals surface area contributed by atoms with Gasteiger partial charge in [0.15, 0.2) is 0 Å². The minimum atomic E-state index is -0.199. The molecule has 3 nitrogen and oxygen atoms in total. The Kier molecular flexibility index (Phi) is 3.31. The van der Waals surface area contributed by atoms with E-state index in [0.717, 1.165) is 5.69 Å². The van der Waals surface area contributed by atoms with Gasteiger partial charge in [0.2, 0.25) is 0 Å². The number of hydrogen-bond acceptors (Lipinski definition) is 2. The van der Waals surface area contributed by atoms with Gasteiger partial charge in [-0.1, -0.05) is 30.8 Å². The number of carbonyl (C=O) groups is 1. The lowest BCUT2D eigenvalue weighted by Gasteiger charge is -2.19. The highest BCUT2D eigenvalue weighted by molar-refractivity contribution is 6.06. The summed E-state index contributed by atoms with van der Waals surface area (Å²) in [5.74, 6) is 0.388. The molecule has 1 amide bonds. The van der Waals surface area contributed by atoms with Crippen molar-refractivity contribution in [2.45, 2.75) is 0 Å². The molecule has 0 fully saturated rings. The molecule has 17 heavy (non-hydrogen) atoms.